The van der Waals surface area contributed by atoms with Crippen molar-refractivity contribution in [1.82, 2.24) is 0 Å². The van der Waals surface area contributed by atoms with Crippen LogP contribution in [0.3, 0.4) is 0 Å². The first kappa shape index (κ1) is 9.55. The Labute approximate surface area is 80.9 Å². The van der Waals surface area contributed by atoms with E-state index in [2.05, 4.69) is 16.3 Å². The average Bonchev–Trinajstić information content (AvgIpc) is 2.14. The van der Waals surface area contributed by atoms with E-state index in [0.29, 0.717) is 13.2 Å². The van der Waals surface area contributed by atoms with Crippen LogP contribution in [0.1, 0.15) is 6.42 Å². The van der Waals surface area contributed by atoms with Gasteiger partial charge < -0.3 is 8.57 Å². The molecule has 0 atom stereocenters. The van der Waals surface area contributed by atoms with Gasteiger partial charge in [-0.1, -0.05) is 18.2 Å². The monoisotopic (exact) mass is 230 g/mol. The molecule has 12 heavy (non-hydrogen) atoms. The molecule has 0 saturated heterocycles. The second-order valence-electron chi connectivity index (χ2n) is 2.33. The Balaban J connectivity index is 2.16. The lowest BCUT2D eigenvalue weighted by atomic mass is 10.3. The van der Waals surface area contributed by atoms with Crippen molar-refractivity contribution >= 4 is 16.3 Å². The van der Waals surface area contributed by atoms with E-state index in [-0.39, 0.29) is 0 Å². The van der Waals surface area contributed by atoms with Crippen molar-refractivity contribution in [2.75, 3.05) is 13.2 Å². The maximum atomic E-state index is 5.41. The summed E-state index contributed by atoms with van der Waals surface area (Å²) in [6, 6.07) is 9.76. The molecule has 0 aromatic heterocycles. The molecule has 1 rings (SSSR count). The molecule has 0 fully saturated rings. The summed E-state index contributed by atoms with van der Waals surface area (Å²) in [5, 5.41) is 0. The van der Waals surface area contributed by atoms with Crippen LogP contribution >= 0.6 is 16.3 Å². The molecule has 1 aromatic rings. The number of hydrogen-bond donors (Lipinski definition) is 0. The van der Waals surface area contributed by atoms with E-state index in [1.54, 1.807) is 0 Å². The van der Waals surface area contributed by atoms with E-state index in [1.165, 1.54) is 0 Å². The molecule has 0 heterocycles. The smallest absolute Gasteiger partial charge is 0.119 e. The number of para-hydroxylation sites is 1. The minimum absolute atomic E-state index is 0.673. The molecule has 0 unspecified atom stereocenters. The van der Waals surface area contributed by atoms with Crippen LogP contribution in [0.15, 0.2) is 30.3 Å². The highest BCUT2D eigenvalue weighted by Gasteiger charge is 1.90. The summed E-state index contributed by atoms with van der Waals surface area (Å²) >= 11 is 2.88. The first-order valence-electron chi connectivity index (χ1n) is 3.85. The fourth-order valence-corrected chi connectivity index (χ4v) is 1.05. The van der Waals surface area contributed by atoms with E-state index >= 15 is 0 Å². The predicted molar refractivity (Wildman–Crippen MR) is 51.4 cm³/mol. The van der Waals surface area contributed by atoms with Gasteiger partial charge in [0.2, 0.25) is 0 Å². The number of hydrogen-bond acceptors (Lipinski definition) is 2. The second kappa shape index (κ2) is 6.03. The Bertz CT molecular complexity index is 201. The van der Waals surface area contributed by atoms with Gasteiger partial charge in [0.15, 0.2) is 0 Å². The van der Waals surface area contributed by atoms with Gasteiger partial charge in [-0.25, -0.2) is 0 Å². The lowest BCUT2D eigenvalue weighted by molar-refractivity contribution is 0.273. The van der Waals surface area contributed by atoms with Crippen molar-refractivity contribution in [2.45, 2.75) is 6.42 Å². The van der Waals surface area contributed by atoms with Gasteiger partial charge in [-0.2, -0.15) is 0 Å². The number of halogens is 1. The van der Waals surface area contributed by atoms with Crippen LogP contribution in [-0.4, -0.2) is 13.2 Å². The molecule has 66 valence electrons. The first-order valence-corrected chi connectivity index (χ1v) is 4.49. The maximum absolute atomic E-state index is 5.41. The third-order valence-corrected chi connectivity index (χ3v) is 1.70. The summed E-state index contributed by atoms with van der Waals surface area (Å²) < 4.78 is 10.1. The zero-order chi connectivity index (χ0) is 8.65. The van der Waals surface area contributed by atoms with Gasteiger partial charge in [-0.05, 0) is 12.1 Å². The van der Waals surface area contributed by atoms with Gasteiger partial charge in [0.1, 0.15) is 5.75 Å². The molecule has 0 radical (unpaired) electrons. The van der Waals surface area contributed by atoms with Crippen LogP contribution in [0, 0.1) is 0 Å². The van der Waals surface area contributed by atoms with Crippen molar-refractivity contribution < 1.29 is 8.57 Å². The van der Waals surface area contributed by atoms with Crippen molar-refractivity contribution in [3.63, 3.8) is 0 Å². The van der Waals surface area contributed by atoms with Crippen molar-refractivity contribution in [3.05, 3.63) is 30.3 Å². The molecule has 0 amide bonds. The number of rotatable bonds is 5. The second-order valence-corrected chi connectivity index (χ2v) is 2.79. The molecule has 0 aliphatic rings. The normalized spacial score (nSPS) is 9.75. The third kappa shape index (κ3) is 3.74. The molecule has 2 nitrogen and oxygen atoms in total. The highest BCUT2D eigenvalue weighted by atomic mass is 79.9. The summed E-state index contributed by atoms with van der Waals surface area (Å²) in [4.78, 5) is 0. The van der Waals surface area contributed by atoms with Crippen LogP contribution in [0.25, 0.3) is 0 Å². The summed E-state index contributed by atoms with van der Waals surface area (Å²) in [7, 11) is 0. The Hall–Kier alpha value is -0.540. The van der Waals surface area contributed by atoms with E-state index in [1.807, 2.05) is 30.3 Å². The molecule has 3 heteroatoms. The number of benzene rings is 1. The van der Waals surface area contributed by atoms with Crippen LogP contribution in [-0.2, 0) is 3.83 Å². The van der Waals surface area contributed by atoms with Gasteiger partial charge >= 0.3 is 0 Å². The Morgan fingerprint density at radius 3 is 2.50 bits per heavy atom. The van der Waals surface area contributed by atoms with E-state index < -0.39 is 0 Å². The molecular formula is C9H11BrO2. The lowest BCUT2D eigenvalue weighted by Crippen LogP contribution is -1.99. The molecule has 0 aliphatic carbocycles. The summed E-state index contributed by atoms with van der Waals surface area (Å²) in [6.07, 6.45) is 0.889. The van der Waals surface area contributed by atoms with Crippen LogP contribution < -0.4 is 4.74 Å². The summed E-state index contributed by atoms with van der Waals surface area (Å²) in [5.41, 5.74) is 0. The minimum Gasteiger partial charge on any atom is -0.494 e. The fourth-order valence-electron chi connectivity index (χ4n) is 0.820. The molecule has 0 saturated carbocycles. The van der Waals surface area contributed by atoms with E-state index in [4.69, 9.17) is 8.57 Å². The Morgan fingerprint density at radius 2 is 1.83 bits per heavy atom. The largest absolute Gasteiger partial charge is 0.494 e. The Morgan fingerprint density at radius 1 is 1.08 bits per heavy atom. The zero-order valence-corrected chi connectivity index (χ0v) is 8.29. The predicted octanol–water partition coefficient (Wildman–Crippen LogP) is 2.78. The number of ether oxygens (including phenoxy) is 1. The van der Waals surface area contributed by atoms with Crippen LogP contribution in [0.2, 0.25) is 0 Å². The molecule has 0 aliphatic heterocycles. The van der Waals surface area contributed by atoms with Gasteiger partial charge in [0, 0.05) is 6.42 Å². The van der Waals surface area contributed by atoms with Crippen molar-refractivity contribution in [3.8, 4) is 5.75 Å². The van der Waals surface area contributed by atoms with E-state index in [9.17, 15) is 0 Å². The molecule has 0 N–H and O–H groups in total. The summed E-state index contributed by atoms with van der Waals surface area (Å²) in [6.45, 7) is 1.36. The van der Waals surface area contributed by atoms with Crippen molar-refractivity contribution in [1.29, 1.82) is 0 Å². The third-order valence-electron chi connectivity index (χ3n) is 1.38. The average molecular weight is 231 g/mol. The summed E-state index contributed by atoms with van der Waals surface area (Å²) in [5.74, 6) is 0.909. The SMILES string of the molecule is BrOCCCOc1ccccc1. The highest BCUT2D eigenvalue weighted by Crippen LogP contribution is 2.08. The Kier molecular flexibility index (Phi) is 4.80. The first-order chi connectivity index (χ1) is 5.93. The van der Waals surface area contributed by atoms with Gasteiger partial charge in [-0.3, -0.25) is 0 Å². The minimum atomic E-state index is 0.673. The lowest BCUT2D eigenvalue weighted by Gasteiger charge is -2.03. The maximum Gasteiger partial charge on any atom is 0.119 e. The van der Waals surface area contributed by atoms with Crippen molar-refractivity contribution in [2.24, 2.45) is 0 Å². The molecule has 0 spiro atoms. The van der Waals surface area contributed by atoms with Gasteiger partial charge in [0.05, 0.1) is 29.5 Å². The van der Waals surface area contributed by atoms with Crippen LogP contribution in [0.4, 0.5) is 0 Å². The van der Waals surface area contributed by atoms with Gasteiger partial charge in [-0.15, -0.1) is 0 Å². The topological polar surface area (TPSA) is 18.5 Å². The quantitative estimate of drug-likeness (QED) is 0.725. The molecule has 1 aromatic carbocycles. The molecule has 0 bridgehead atoms. The van der Waals surface area contributed by atoms with Gasteiger partial charge in [0.25, 0.3) is 0 Å². The molecular weight excluding hydrogens is 220 g/mol. The van der Waals surface area contributed by atoms with E-state index in [0.717, 1.165) is 12.2 Å². The fraction of sp³-hybridized carbons (Fsp3) is 0.333. The standard InChI is InChI=1S/C9H11BrO2/c10-12-8-4-7-11-9-5-2-1-3-6-9/h1-3,5-6H,4,7-8H2. The highest BCUT2D eigenvalue weighted by molar-refractivity contribution is 9.06. The van der Waals surface area contributed by atoms with Crippen LogP contribution in [0.5, 0.6) is 5.75 Å². The zero-order valence-electron chi connectivity index (χ0n) is 6.70.